The van der Waals surface area contributed by atoms with Crippen LogP contribution < -0.4 is 10.0 Å². The first-order valence-electron chi connectivity index (χ1n) is 7.71. The van der Waals surface area contributed by atoms with Crippen LogP contribution in [0, 0.1) is 12.1 Å². The van der Waals surface area contributed by atoms with Gasteiger partial charge in [0.25, 0.3) is 5.03 Å². The maximum atomic E-state index is 12.1. The first-order valence-corrected chi connectivity index (χ1v) is 9.57. The average Bonchev–Trinajstić information content (AvgIpc) is 3.03. The summed E-state index contributed by atoms with van der Waals surface area (Å²) in [5.41, 5.74) is 2.81. The Morgan fingerprint density at radius 3 is 2.84 bits per heavy atom. The molecule has 0 saturated carbocycles. The van der Waals surface area contributed by atoms with E-state index in [-0.39, 0.29) is 12.3 Å². The number of benzene rings is 1. The summed E-state index contributed by atoms with van der Waals surface area (Å²) in [4.78, 5) is 16.6. The van der Waals surface area contributed by atoms with Crippen LogP contribution in [0.15, 0.2) is 59.1 Å². The summed E-state index contributed by atoms with van der Waals surface area (Å²) in [6.45, 7) is 2.00. The first kappa shape index (κ1) is 17.4. The molecule has 0 radical (unpaired) electrons. The molecule has 7 heteroatoms. The average molecular weight is 371 g/mol. The number of thioether (sulfide) groups is 1. The van der Waals surface area contributed by atoms with Crippen LogP contribution >= 0.6 is 23.1 Å². The van der Waals surface area contributed by atoms with Crippen LogP contribution in [0.1, 0.15) is 16.3 Å². The number of nitrogens with zero attached hydrogens (tertiary/aromatic N) is 2. The van der Waals surface area contributed by atoms with E-state index >= 15 is 0 Å². The summed E-state index contributed by atoms with van der Waals surface area (Å²) in [5.74, 6) is 0.514. The highest BCUT2D eigenvalue weighted by Crippen LogP contribution is 2.21. The van der Waals surface area contributed by atoms with Gasteiger partial charge in [0.05, 0.1) is 12.1 Å². The maximum absolute atomic E-state index is 12.1. The number of hydrogen-bond acceptors (Lipinski definition) is 5. The van der Waals surface area contributed by atoms with Crippen LogP contribution in [0.2, 0.25) is 0 Å². The molecule has 0 unspecified atom stereocenters. The van der Waals surface area contributed by atoms with Crippen LogP contribution in [0.4, 0.5) is 5.69 Å². The summed E-state index contributed by atoms with van der Waals surface area (Å²) in [6, 6.07) is 13.0. The number of thiazole rings is 1. The third kappa shape index (κ3) is 5.04. The number of aryl methyl sites for hydroxylation is 1. The summed E-state index contributed by atoms with van der Waals surface area (Å²) >= 11 is 2.89. The van der Waals surface area contributed by atoms with E-state index in [9.17, 15) is 10.0 Å². The minimum Gasteiger partial charge on any atom is -0.618 e. The smallest absolute Gasteiger partial charge is 0.251 e. The molecule has 0 aliphatic heterocycles. The van der Waals surface area contributed by atoms with Crippen LogP contribution in [-0.2, 0) is 17.0 Å². The lowest BCUT2D eigenvalue weighted by molar-refractivity contribution is -0.645. The molecule has 25 heavy (non-hydrogen) atoms. The van der Waals surface area contributed by atoms with E-state index in [0.717, 1.165) is 26.7 Å². The molecule has 0 spiro atoms. The third-order valence-electron chi connectivity index (χ3n) is 3.40. The zero-order valence-corrected chi connectivity index (χ0v) is 15.3. The lowest BCUT2D eigenvalue weighted by Crippen LogP contribution is -2.27. The highest BCUT2D eigenvalue weighted by molar-refractivity contribution is 7.98. The Morgan fingerprint density at radius 1 is 1.28 bits per heavy atom. The van der Waals surface area contributed by atoms with E-state index in [1.54, 1.807) is 12.1 Å². The molecule has 5 nitrogen and oxygen atoms in total. The number of anilines is 1. The van der Waals surface area contributed by atoms with Gasteiger partial charge in [0.1, 0.15) is 5.01 Å². The number of rotatable bonds is 6. The van der Waals surface area contributed by atoms with Crippen molar-refractivity contribution < 1.29 is 9.52 Å². The molecule has 2 aromatic heterocycles. The molecule has 2 heterocycles. The number of aromatic nitrogens is 2. The SMILES string of the molecule is Cc1ccc(NC(=O)Cc2nc(CSc3cccc[n+]3[O-])cs2)cc1. The lowest BCUT2D eigenvalue weighted by Gasteiger charge is -2.04. The minimum absolute atomic E-state index is 0.0853. The molecule has 1 N–H and O–H groups in total. The maximum Gasteiger partial charge on any atom is 0.251 e. The van der Waals surface area contributed by atoms with Gasteiger partial charge in [-0.25, -0.2) is 4.98 Å². The molecule has 128 valence electrons. The molecule has 0 aliphatic carbocycles. The Kier molecular flexibility index (Phi) is 5.67. The van der Waals surface area contributed by atoms with E-state index in [0.29, 0.717) is 10.8 Å². The van der Waals surface area contributed by atoms with Crippen molar-refractivity contribution in [2.24, 2.45) is 0 Å². The van der Waals surface area contributed by atoms with Gasteiger partial charge < -0.3 is 10.5 Å². The van der Waals surface area contributed by atoms with Gasteiger partial charge in [0, 0.05) is 29.0 Å². The second-order valence-electron chi connectivity index (χ2n) is 5.48. The zero-order valence-electron chi connectivity index (χ0n) is 13.6. The van der Waals surface area contributed by atoms with E-state index in [1.807, 2.05) is 42.6 Å². The fourth-order valence-electron chi connectivity index (χ4n) is 2.15. The molecule has 3 aromatic rings. The molecule has 1 amide bonds. The van der Waals surface area contributed by atoms with Gasteiger partial charge in [0.2, 0.25) is 5.91 Å². The van der Waals surface area contributed by atoms with Crippen molar-refractivity contribution in [2.45, 2.75) is 24.1 Å². The van der Waals surface area contributed by atoms with Crippen LogP contribution in [0.25, 0.3) is 0 Å². The lowest BCUT2D eigenvalue weighted by atomic mass is 10.2. The van der Waals surface area contributed by atoms with Gasteiger partial charge in [-0.3, -0.25) is 4.79 Å². The van der Waals surface area contributed by atoms with Gasteiger partial charge in [-0.1, -0.05) is 17.7 Å². The first-order chi connectivity index (χ1) is 12.1. The largest absolute Gasteiger partial charge is 0.618 e. The predicted molar refractivity (Wildman–Crippen MR) is 101 cm³/mol. The molecule has 0 atom stereocenters. The summed E-state index contributed by atoms with van der Waals surface area (Å²) in [7, 11) is 0. The van der Waals surface area contributed by atoms with E-state index in [4.69, 9.17) is 0 Å². The summed E-state index contributed by atoms with van der Waals surface area (Å²) in [5, 5.41) is 17.8. The van der Waals surface area contributed by atoms with Crippen molar-refractivity contribution in [1.82, 2.24) is 4.98 Å². The number of carbonyl (C=O) groups is 1. The van der Waals surface area contributed by atoms with Gasteiger partial charge in [-0.15, -0.1) is 11.3 Å². The van der Waals surface area contributed by atoms with Crippen molar-refractivity contribution in [2.75, 3.05) is 5.32 Å². The standard InChI is InChI=1S/C18H17N3O2S2/c1-13-5-7-14(8-6-13)19-16(22)10-17-20-15(11-24-17)12-25-18-4-2-3-9-21(18)23/h2-9,11H,10,12H2,1H3,(H,19,22). The van der Waals surface area contributed by atoms with Gasteiger partial charge in [-0.2, -0.15) is 4.73 Å². The molecule has 0 aliphatic rings. The predicted octanol–water partition coefficient (Wildman–Crippen LogP) is 3.56. The summed E-state index contributed by atoms with van der Waals surface area (Å²) in [6.07, 6.45) is 1.72. The minimum atomic E-state index is -0.0853. The van der Waals surface area contributed by atoms with E-state index in [2.05, 4.69) is 10.3 Å². The highest BCUT2D eigenvalue weighted by atomic mass is 32.2. The van der Waals surface area contributed by atoms with Gasteiger partial charge in [0.15, 0.2) is 6.20 Å². The second kappa shape index (κ2) is 8.13. The Labute approximate surface area is 154 Å². The topological polar surface area (TPSA) is 68.9 Å². The normalized spacial score (nSPS) is 10.6. The fraction of sp³-hybridized carbons (Fsp3) is 0.167. The zero-order chi connectivity index (χ0) is 17.6. The molecule has 0 bridgehead atoms. The fourth-order valence-corrected chi connectivity index (χ4v) is 3.85. The number of nitrogens with one attached hydrogen (secondary N) is 1. The van der Waals surface area contributed by atoms with E-state index < -0.39 is 0 Å². The molecular weight excluding hydrogens is 354 g/mol. The molecule has 3 rings (SSSR count). The monoisotopic (exact) mass is 371 g/mol. The van der Waals surface area contributed by atoms with Crippen LogP contribution in [0.5, 0.6) is 0 Å². The van der Waals surface area contributed by atoms with Crippen molar-refractivity contribution in [3.63, 3.8) is 0 Å². The third-order valence-corrected chi connectivity index (χ3v) is 5.35. The number of pyridine rings is 1. The van der Waals surface area contributed by atoms with Crippen molar-refractivity contribution in [3.8, 4) is 0 Å². The molecule has 0 saturated heterocycles. The summed E-state index contributed by atoms with van der Waals surface area (Å²) < 4.78 is 0.840. The molecule has 1 aromatic carbocycles. The number of carbonyl (C=O) groups excluding carboxylic acids is 1. The number of hydrogen-bond donors (Lipinski definition) is 1. The second-order valence-corrected chi connectivity index (χ2v) is 7.42. The highest BCUT2D eigenvalue weighted by Gasteiger charge is 2.10. The van der Waals surface area contributed by atoms with Crippen molar-refractivity contribution in [3.05, 3.63) is 75.5 Å². The van der Waals surface area contributed by atoms with Gasteiger partial charge in [-0.05, 0) is 36.9 Å². The van der Waals surface area contributed by atoms with E-state index in [1.165, 1.54) is 29.3 Å². The quantitative estimate of drug-likeness (QED) is 0.409. The molecular formula is C18H17N3O2S2. The Balaban J connectivity index is 1.53. The van der Waals surface area contributed by atoms with Crippen LogP contribution in [-0.4, -0.2) is 10.9 Å². The number of amides is 1. The Hall–Kier alpha value is -2.38. The van der Waals surface area contributed by atoms with Crippen molar-refractivity contribution in [1.29, 1.82) is 0 Å². The Morgan fingerprint density at radius 2 is 2.08 bits per heavy atom. The van der Waals surface area contributed by atoms with Gasteiger partial charge >= 0.3 is 0 Å². The van der Waals surface area contributed by atoms with Crippen LogP contribution in [0.3, 0.4) is 0 Å². The Bertz CT molecular complexity index is 863. The van der Waals surface area contributed by atoms with Crippen molar-refractivity contribution >= 4 is 34.7 Å². The molecule has 0 fully saturated rings.